The monoisotopic (exact) mass is 358 g/mol. The normalized spacial score (nSPS) is 25.5. The largest absolute Gasteiger partial charge is 0.387 e. The number of aliphatic hydroxyl groups excluding tert-OH is 1. The number of rotatable bonds is 9. The fraction of sp³-hybridized carbons (Fsp3) is 0.429. The van der Waals surface area contributed by atoms with Gasteiger partial charge in [0.1, 0.15) is 6.10 Å². The molecule has 0 saturated carbocycles. The van der Waals surface area contributed by atoms with E-state index in [2.05, 4.69) is 0 Å². The third-order valence-electron chi connectivity index (χ3n) is 4.55. The number of ether oxygens (including phenoxy) is 4. The summed E-state index contributed by atoms with van der Waals surface area (Å²) in [6.07, 6.45) is -1.65. The van der Waals surface area contributed by atoms with Crippen molar-refractivity contribution in [3.63, 3.8) is 0 Å². The Kier molecular flexibility index (Phi) is 7.17. The van der Waals surface area contributed by atoms with Crippen molar-refractivity contribution in [1.82, 2.24) is 0 Å². The summed E-state index contributed by atoms with van der Waals surface area (Å²) in [7, 11) is 1.53. The van der Waals surface area contributed by atoms with E-state index in [0.29, 0.717) is 26.4 Å². The molecule has 1 saturated heterocycles. The topological polar surface area (TPSA) is 57.2 Å². The second kappa shape index (κ2) is 9.80. The first kappa shape index (κ1) is 19.0. The highest BCUT2D eigenvalue weighted by atomic mass is 16.7. The van der Waals surface area contributed by atoms with E-state index in [0.717, 1.165) is 11.1 Å². The van der Waals surface area contributed by atoms with Gasteiger partial charge in [-0.2, -0.15) is 0 Å². The predicted octanol–water partition coefficient (Wildman–Crippen LogP) is 2.77. The fourth-order valence-electron chi connectivity index (χ4n) is 3.09. The average molecular weight is 358 g/mol. The van der Waals surface area contributed by atoms with E-state index in [4.69, 9.17) is 18.9 Å². The van der Waals surface area contributed by atoms with Crippen molar-refractivity contribution >= 4 is 0 Å². The summed E-state index contributed by atoms with van der Waals surface area (Å²) in [5.41, 5.74) is 2.20. The van der Waals surface area contributed by atoms with E-state index in [1.54, 1.807) is 0 Å². The van der Waals surface area contributed by atoms with Crippen LogP contribution >= 0.6 is 0 Å². The zero-order valence-electron chi connectivity index (χ0n) is 15.0. The lowest BCUT2D eigenvalue weighted by Crippen LogP contribution is -2.33. The smallest absolute Gasteiger partial charge is 0.183 e. The lowest BCUT2D eigenvalue weighted by molar-refractivity contribution is -0.156. The Morgan fingerprint density at radius 2 is 1.38 bits per heavy atom. The maximum absolute atomic E-state index is 10.4. The highest BCUT2D eigenvalue weighted by molar-refractivity contribution is 5.14. The van der Waals surface area contributed by atoms with Crippen LogP contribution in [0.15, 0.2) is 60.7 Å². The van der Waals surface area contributed by atoms with Crippen molar-refractivity contribution in [2.45, 2.75) is 31.7 Å². The van der Waals surface area contributed by atoms with Crippen molar-refractivity contribution < 1.29 is 24.1 Å². The van der Waals surface area contributed by atoms with Crippen molar-refractivity contribution in [2.75, 3.05) is 20.3 Å². The summed E-state index contributed by atoms with van der Waals surface area (Å²) >= 11 is 0. The standard InChI is InChI=1S/C21H26O5/c1-23-21-20(22)18(14-24-12-16-8-4-2-5-9-16)19(26-21)15-25-13-17-10-6-3-7-11-17/h2-11,18-22H,12-15H2,1H3/t18-,19-,20-,21-/m1/s1. The zero-order chi connectivity index (χ0) is 18.2. The molecule has 0 spiro atoms. The van der Waals surface area contributed by atoms with Crippen LogP contribution in [0, 0.1) is 5.92 Å². The van der Waals surface area contributed by atoms with Gasteiger partial charge in [0.05, 0.1) is 32.5 Å². The molecule has 0 aromatic heterocycles. The SMILES string of the molecule is CO[C@@H]1O[C@H](COCc2ccccc2)[C@@H](COCc2ccccc2)[C@H]1O. The highest BCUT2D eigenvalue weighted by Crippen LogP contribution is 2.28. The van der Waals surface area contributed by atoms with Gasteiger partial charge in [0.2, 0.25) is 0 Å². The lowest BCUT2D eigenvalue weighted by atomic mass is 10.00. The van der Waals surface area contributed by atoms with Gasteiger partial charge in [0, 0.05) is 13.0 Å². The number of hydrogen-bond donors (Lipinski definition) is 1. The highest BCUT2D eigenvalue weighted by Gasteiger charge is 2.44. The molecule has 0 bridgehead atoms. The predicted molar refractivity (Wildman–Crippen MR) is 97.4 cm³/mol. The first-order valence-corrected chi connectivity index (χ1v) is 8.87. The second-order valence-corrected chi connectivity index (χ2v) is 6.43. The molecular weight excluding hydrogens is 332 g/mol. The molecule has 0 unspecified atom stereocenters. The van der Waals surface area contributed by atoms with E-state index in [9.17, 15) is 5.11 Å². The summed E-state index contributed by atoms with van der Waals surface area (Å²) in [4.78, 5) is 0. The molecule has 1 aliphatic heterocycles. The number of benzene rings is 2. The molecule has 2 aromatic rings. The van der Waals surface area contributed by atoms with Gasteiger partial charge in [-0.15, -0.1) is 0 Å². The van der Waals surface area contributed by atoms with Crippen LogP contribution in [0.3, 0.4) is 0 Å². The van der Waals surface area contributed by atoms with Gasteiger partial charge in [-0.3, -0.25) is 0 Å². The maximum Gasteiger partial charge on any atom is 0.183 e. The minimum Gasteiger partial charge on any atom is -0.387 e. The Morgan fingerprint density at radius 3 is 1.92 bits per heavy atom. The molecule has 140 valence electrons. The Morgan fingerprint density at radius 1 is 0.846 bits per heavy atom. The molecule has 4 atom stereocenters. The van der Waals surface area contributed by atoms with Crippen LogP contribution in [0.4, 0.5) is 0 Å². The minimum absolute atomic E-state index is 0.195. The van der Waals surface area contributed by atoms with Crippen LogP contribution in [0.5, 0.6) is 0 Å². The van der Waals surface area contributed by atoms with Crippen LogP contribution in [0.25, 0.3) is 0 Å². The quantitative estimate of drug-likeness (QED) is 0.747. The van der Waals surface area contributed by atoms with E-state index >= 15 is 0 Å². The van der Waals surface area contributed by atoms with Crippen molar-refractivity contribution in [1.29, 1.82) is 0 Å². The summed E-state index contributed by atoms with van der Waals surface area (Å²) in [5, 5.41) is 10.4. The van der Waals surface area contributed by atoms with Gasteiger partial charge >= 0.3 is 0 Å². The minimum atomic E-state index is -0.735. The van der Waals surface area contributed by atoms with Crippen LogP contribution in [0.1, 0.15) is 11.1 Å². The van der Waals surface area contributed by atoms with Crippen molar-refractivity contribution in [3.05, 3.63) is 71.8 Å². The summed E-state index contributed by atoms with van der Waals surface area (Å²) in [5.74, 6) is -0.195. The van der Waals surface area contributed by atoms with E-state index in [1.165, 1.54) is 7.11 Å². The Hall–Kier alpha value is -1.76. The molecule has 26 heavy (non-hydrogen) atoms. The summed E-state index contributed by atoms with van der Waals surface area (Å²) in [6.45, 7) is 1.77. The number of aliphatic hydroxyl groups is 1. The van der Waals surface area contributed by atoms with E-state index in [1.807, 2.05) is 60.7 Å². The van der Waals surface area contributed by atoms with Gasteiger partial charge in [-0.25, -0.2) is 0 Å². The number of methoxy groups -OCH3 is 1. The Labute approximate surface area is 154 Å². The van der Waals surface area contributed by atoms with Crippen LogP contribution in [0.2, 0.25) is 0 Å². The average Bonchev–Trinajstić information content (AvgIpc) is 2.99. The van der Waals surface area contributed by atoms with Crippen LogP contribution in [-0.4, -0.2) is 43.9 Å². The van der Waals surface area contributed by atoms with Gasteiger partial charge in [0.15, 0.2) is 6.29 Å². The molecule has 1 fully saturated rings. The lowest BCUT2D eigenvalue weighted by Gasteiger charge is -2.20. The molecule has 1 aliphatic rings. The van der Waals surface area contributed by atoms with Gasteiger partial charge in [-0.1, -0.05) is 60.7 Å². The summed E-state index contributed by atoms with van der Waals surface area (Å²) < 4.78 is 22.6. The van der Waals surface area contributed by atoms with Crippen molar-refractivity contribution in [3.8, 4) is 0 Å². The molecule has 1 N–H and O–H groups in total. The molecule has 2 aromatic carbocycles. The molecule has 3 rings (SSSR count). The van der Waals surface area contributed by atoms with Gasteiger partial charge < -0.3 is 24.1 Å². The van der Waals surface area contributed by atoms with Crippen LogP contribution in [-0.2, 0) is 32.2 Å². The molecule has 0 radical (unpaired) electrons. The molecule has 5 heteroatoms. The van der Waals surface area contributed by atoms with Crippen molar-refractivity contribution in [2.24, 2.45) is 5.92 Å². The zero-order valence-corrected chi connectivity index (χ0v) is 15.0. The Balaban J connectivity index is 1.50. The fourth-order valence-corrected chi connectivity index (χ4v) is 3.09. The van der Waals surface area contributed by atoms with Gasteiger partial charge in [-0.05, 0) is 11.1 Å². The van der Waals surface area contributed by atoms with Crippen LogP contribution < -0.4 is 0 Å². The first-order chi connectivity index (χ1) is 12.8. The molecule has 5 nitrogen and oxygen atoms in total. The summed E-state index contributed by atoms with van der Waals surface area (Å²) in [6, 6.07) is 19.9. The van der Waals surface area contributed by atoms with E-state index in [-0.39, 0.29) is 12.0 Å². The second-order valence-electron chi connectivity index (χ2n) is 6.43. The third kappa shape index (κ3) is 5.13. The molecule has 0 amide bonds. The van der Waals surface area contributed by atoms with Gasteiger partial charge in [0.25, 0.3) is 0 Å². The van der Waals surface area contributed by atoms with E-state index < -0.39 is 12.4 Å². The molecule has 0 aliphatic carbocycles. The first-order valence-electron chi connectivity index (χ1n) is 8.87. The Bertz CT molecular complexity index is 633. The molecule has 1 heterocycles. The number of hydrogen-bond acceptors (Lipinski definition) is 5. The molecular formula is C21H26O5. The third-order valence-corrected chi connectivity index (χ3v) is 4.55. The maximum atomic E-state index is 10.4.